The summed E-state index contributed by atoms with van der Waals surface area (Å²) in [6.45, 7) is 4.25. The van der Waals surface area contributed by atoms with Crippen molar-refractivity contribution in [3.8, 4) is 0 Å². The van der Waals surface area contributed by atoms with Gasteiger partial charge in [-0.25, -0.2) is 9.78 Å². The van der Waals surface area contributed by atoms with Crippen LogP contribution < -0.4 is 11.0 Å². The number of hydrogen-bond donors (Lipinski definition) is 2. The Morgan fingerprint density at radius 3 is 2.62 bits per heavy atom. The highest BCUT2D eigenvalue weighted by molar-refractivity contribution is 7.99. The average molecular weight is 303 g/mol. The second-order valence-corrected chi connectivity index (χ2v) is 5.87. The van der Waals surface area contributed by atoms with Crippen molar-refractivity contribution in [3.05, 3.63) is 52.6 Å². The Hall–Kier alpha value is -2.08. The summed E-state index contributed by atoms with van der Waals surface area (Å²) in [6, 6.07) is 9.47. The number of hydrogen-bond acceptors (Lipinski definition) is 4. The fourth-order valence-corrected chi connectivity index (χ4v) is 2.40. The molecular weight excluding hydrogens is 286 g/mol. The van der Waals surface area contributed by atoms with Gasteiger partial charge >= 0.3 is 5.69 Å². The molecular formula is C15H17N3O2S. The number of nitrogens with zero attached hydrogens (tertiary/aromatic N) is 1. The lowest BCUT2D eigenvalue weighted by Gasteiger charge is -2.08. The monoisotopic (exact) mass is 303 g/mol. The van der Waals surface area contributed by atoms with Gasteiger partial charge in [-0.2, -0.15) is 0 Å². The van der Waals surface area contributed by atoms with Crippen LogP contribution in [0.15, 0.2) is 46.3 Å². The third-order valence-electron chi connectivity index (χ3n) is 2.87. The van der Waals surface area contributed by atoms with Gasteiger partial charge in [0.2, 0.25) is 5.91 Å². The number of H-pyrrole nitrogens is 1. The minimum Gasteiger partial charge on any atom is -0.325 e. The summed E-state index contributed by atoms with van der Waals surface area (Å²) in [5.41, 5.74) is 1.59. The van der Waals surface area contributed by atoms with Crippen LogP contribution in [0.25, 0.3) is 0 Å². The molecule has 1 amide bonds. The molecule has 0 atom stereocenters. The van der Waals surface area contributed by atoms with Gasteiger partial charge in [0, 0.05) is 11.9 Å². The van der Waals surface area contributed by atoms with Gasteiger partial charge in [-0.15, -0.1) is 0 Å². The molecule has 1 aromatic heterocycles. The molecule has 1 heterocycles. The second kappa shape index (κ2) is 7.08. The minimum absolute atomic E-state index is 0.116. The highest BCUT2D eigenvalue weighted by Gasteiger charge is 2.05. The van der Waals surface area contributed by atoms with Gasteiger partial charge in [-0.1, -0.05) is 37.7 Å². The minimum atomic E-state index is -0.412. The van der Waals surface area contributed by atoms with Gasteiger partial charge in [0.05, 0.1) is 10.8 Å². The van der Waals surface area contributed by atoms with Crippen molar-refractivity contribution >= 4 is 23.4 Å². The van der Waals surface area contributed by atoms with Crippen LogP contribution in [0.1, 0.15) is 25.3 Å². The normalized spacial score (nSPS) is 10.6. The van der Waals surface area contributed by atoms with Crippen molar-refractivity contribution in [1.82, 2.24) is 9.97 Å². The third-order valence-corrected chi connectivity index (χ3v) is 3.82. The van der Waals surface area contributed by atoms with Gasteiger partial charge < -0.3 is 10.3 Å². The zero-order chi connectivity index (χ0) is 15.2. The smallest absolute Gasteiger partial charge is 0.325 e. The molecule has 6 heteroatoms. The lowest BCUT2D eigenvalue weighted by atomic mass is 10.0. The van der Waals surface area contributed by atoms with Crippen LogP contribution in [0.2, 0.25) is 0 Å². The molecule has 0 spiro atoms. The fourth-order valence-electron chi connectivity index (χ4n) is 1.73. The lowest BCUT2D eigenvalue weighted by Crippen LogP contribution is -2.15. The van der Waals surface area contributed by atoms with Gasteiger partial charge in [-0.3, -0.25) is 4.79 Å². The van der Waals surface area contributed by atoms with E-state index in [1.165, 1.54) is 23.5 Å². The Labute approximate surface area is 127 Å². The summed E-state index contributed by atoms with van der Waals surface area (Å²) in [5, 5.41) is 3.45. The standard InChI is InChI=1S/C15H17N3O2S/c1-10(2)11-3-5-12(6-4-11)17-13(19)9-21-14-7-8-16-15(20)18-14/h3-8,10H,9H2,1-2H3,(H,17,19)(H,16,18,20). The van der Waals surface area contributed by atoms with Crippen molar-refractivity contribution in [2.24, 2.45) is 0 Å². The summed E-state index contributed by atoms with van der Waals surface area (Å²) in [7, 11) is 0. The molecule has 2 aromatic rings. The summed E-state index contributed by atoms with van der Waals surface area (Å²) < 4.78 is 0. The Kier molecular flexibility index (Phi) is 5.16. The Morgan fingerprint density at radius 1 is 1.29 bits per heavy atom. The van der Waals surface area contributed by atoms with Crippen molar-refractivity contribution < 1.29 is 4.79 Å². The maximum absolute atomic E-state index is 11.8. The van der Waals surface area contributed by atoms with Gasteiger partial charge in [0.15, 0.2) is 0 Å². The molecule has 1 aromatic carbocycles. The number of carbonyl (C=O) groups is 1. The molecule has 0 unspecified atom stereocenters. The molecule has 2 rings (SSSR count). The molecule has 0 aliphatic rings. The van der Waals surface area contributed by atoms with Gasteiger partial charge in [0.1, 0.15) is 0 Å². The first-order valence-corrected chi connectivity index (χ1v) is 7.61. The van der Waals surface area contributed by atoms with E-state index in [4.69, 9.17) is 0 Å². The van der Waals surface area contributed by atoms with Crippen LogP contribution in [-0.4, -0.2) is 21.6 Å². The Bertz CT molecular complexity index is 665. The van der Waals surface area contributed by atoms with E-state index >= 15 is 0 Å². The summed E-state index contributed by atoms with van der Waals surface area (Å²) in [5.74, 6) is 0.579. The van der Waals surface area contributed by atoms with Crippen LogP contribution in [-0.2, 0) is 4.79 Å². The molecule has 0 saturated carbocycles. The van der Waals surface area contributed by atoms with Crippen molar-refractivity contribution in [3.63, 3.8) is 0 Å². The number of rotatable bonds is 5. The van der Waals surface area contributed by atoms with E-state index in [9.17, 15) is 9.59 Å². The van der Waals surface area contributed by atoms with E-state index in [0.29, 0.717) is 10.9 Å². The molecule has 0 radical (unpaired) electrons. The first kappa shape index (κ1) is 15.3. The first-order chi connectivity index (χ1) is 10.0. The summed E-state index contributed by atoms with van der Waals surface area (Å²) >= 11 is 1.26. The highest BCUT2D eigenvalue weighted by atomic mass is 32.2. The van der Waals surface area contributed by atoms with Crippen LogP contribution in [0.5, 0.6) is 0 Å². The predicted octanol–water partition coefficient (Wildman–Crippen LogP) is 2.62. The van der Waals surface area contributed by atoms with E-state index in [-0.39, 0.29) is 11.7 Å². The van der Waals surface area contributed by atoms with E-state index in [1.54, 1.807) is 6.07 Å². The van der Waals surface area contributed by atoms with Crippen molar-refractivity contribution in [2.45, 2.75) is 24.8 Å². The highest BCUT2D eigenvalue weighted by Crippen LogP contribution is 2.18. The van der Waals surface area contributed by atoms with Gasteiger partial charge in [-0.05, 0) is 29.7 Å². The summed E-state index contributed by atoms with van der Waals surface area (Å²) in [6.07, 6.45) is 1.42. The summed E-state index contributed by atoms with van der Waals surface area (Å²) in [4.78, 5) is 29.0. The molecule has 0 aliphatic carbocycles. The number of carbonyl (C=O) groups excluding carboxylic acids is 1. The van der Waals surface area contributed by atoms with E-state index in [2.05, 4.69) is 29.1 Å². The van der Waals surface area contributed by atoms with Crippen molar-refractivity contribution in [1.29, 1.82) is 0 Å². The SMILES string of the molecule is CC(C)c1ccc(NC(=O)CSc2ccnc(=O)[nH]2)cc1. The Morgan fingerprint density at radius 2 is 2.00 bits per heavy atom. The molecule has 21 heavy (non-hydrogen) atoms. The number of benzene rings is 1. The number of aromatic amines is 1. The maximum atomic E-state index is 11.8. The topological polar surface area (TPSA) is 74.8 Å². The zero-order valence-electron chi connectivity index (χ0n) is 11.9. The quantitative estimate of drug-likeness (QED) is 0.657. The van der Waals surface area contributed by atoms with Crippen molar-refractivity contribution in [2.75, 3.05) is 11.1 Å². The van der Waals surface area contributed by atoms with E-state index in [0.717, 1.165) is 5.69 Å². The fraction of sp³-hybridized carbons (Fsp3) is 0.267. The van der Waals surface area contributed by atoms with Gasteiger partial charge in [0.25, 0.3) is 0 Å². The van der Waals surface area contributed by atoms with Crippen LogP contribution in [0.3, 0.4) is 0 Å². The van der Waals surface area contributed by atoms with E-state index in [1.807, 2.05) is 24.3 Å². The molecule has 110 valence electrons. The van der Waals surface area contributed by atoms with Crippen LogP contribution in [0, 0.1) is 0 Å². The zero-order valence-corrected chi connectivity index (χ0v) is 12.7. The molecule has 2 N–H and O–H groups in total. The number of nitrogens with one attached hydrogen (secondary N) is 2. The maximum Gasteiger partial charge on any atom is 0.345 e. The lowest BCUT2D eigenvalue weighted by molar-refractivity contribution is -0.113. The number of thioether (sulfide) groups is 1. The average Bonchev–Trinajstić information content (AvgIpc) is 2.46. The van der Waals surface area contributed by atoms with E-state index < -0.39 is 5.69 Å². The Balaban J connectivity index is 1.88. The third kappa shape index (κ3) is 4.75. The van der Waals surface area contributed by atoms with Crippen LogP contribution in [0.4, 0.5) is 5.69 Å². The first-order valence-electron chi connectivity index (χ1n) is 6.62. The predicted molar refractivity (Wildman–Crippen MR) is 84.7 cm³/mol. The number of amides is 1. The number of anilines is 1. The molecule has 0 aliphatic heterocycles. The van der Waals surface area contributed by atoms with Crippen LogP contribution >= 0.6 is 11.8 Å². The molecule has 5 nitrogen and oxygen atoms in total. The number of aromatic nitrogens is 2. The largest absolute Gasteiger partial charge is 0.345 e. The second-order valence-electron chi connectivity index (χ2n) is 4.85. The molecule has 0 fully saturated rings. The molecule has 0 bridgehead atoms. The molecule has 0 saturated heterocycles.